The third kappa shape index (κ3) is 8.15. The highest BCUT2D eigenvalue weighted by atomic mass is 127. The number of benzene rings is 1. The van der Waals surface area contributed by atoms with Gasteiger partial charge in [0.2, 0.25) is 0 Å². The maximum atomic E-state index is 12.4. The van der Waals surface area contributed by atoms with E-state index in [2.05, 4.69) is 43.7 Å². The molecule has 1 saturated heterocycles. The van der Waals surface area contributed by atoms with E-state index in [4.69, 9.17) is 4.74 Å². The molecule has 2 N–H and O–H groups in total. The molecule has 0 spiro atoms. The average Bonchev–Trinajstić information content (AvgIpc) is 2.60. The maximum Gasteiger partial charge on any atom is 0.390 e. The number of guanidine groups is 1. The average molecular weight is 564 g/mol. The molecule has 0 amide bonds. The summed E-state index contributed by atoms with van der Waals surface area (Å²) in [4.78, 5) is 4.59. The predicted molar refractivity (Wildman–Crippen MR) is 116 cm³/mol. The fraction of sp³-hybridized carbons (Fsp3) is 0.611. The monoisotopic (exact) mass is 563 g/mol. The van der Waals surface area contributed by atoms with Crippen LogP contribution in [0.5, 0.6) is 0 Å². The highest BCUT2D eigenvalue weighted by Crippen LogP contribution is 2.35. The van der Waals surface area contributed by atoms with Gasteiger partial charge in [-0.05, 0) is 37.5 Å². The van der Waals surface area contributed by atoms with Gasteiger partial charge in [-0.15, -0.1) is 24.0 Å². The van der Waals surface area contributed by atoms with Crippen LogP contribution in [-0.2, 0) is 10.2 Å². The van der Waals surface area contributed by atoms with Crippen LogP contribution in [0.3, 0.4) is 0 Å². The highest BCUT2D eigenvalue weighted by Gasteiger charge is 2.34. The van der Waals surface area contributed by atoms with Crippen molar-refractivity contribution in [3.8, 4) is 0 Å². The van der Waals surface area contributed by atoms with Crippen LogP contribution in [0.15, 0.2) is 33.7 Å². The van der Waals surface area contributed by atoms with Gasteiger partial charge < -0.3 is 15.4 Å². The lowest BCUT2D eigenvalue weighted by Crippen LogP contribution is -2.42. The van der Waals surface area contributed by atoms with Crippen LogP contribution in [0.2, 0.25) is 0 Å². The fourth-order valence-corrected chi connectivity index (χ4v) is 3.26. The Kier molecular flexibility index (Phi) is 10.4. The molecule has 1 aliphatic heterocycles. The Morgan fingerprint density at radius 3 is 2.37 bits per heavy atom. The van der Waals surface area contributed by atoms with Crippen LogP contribution >= 0.6 is 39.9 Å². The lowest BCUT2D eigenvalue weighted by molar-refractivity contribution is -0.132. The molecule has 1 aromatic carbocycles. The Morgan fingerprint density at radius 1 is 1.19 bits per heavy atom. The predicted octanol–water partition coefficient (Wildman–Crippen LogP) is 4.62. The SMILES string of the molecule is CCNC(=NCC1(c2ccc(Br)cc2)CCOCC1)NCCC(F)(F)F.I. The minimum absolute atomic E-state index is 0. The first kappa shape index (κ1) is 24.5. The van der Waals surface area contributed by atoms with Crippen LogP contribution in [0.25, 0.3) is 0 Å². The minimum atomic E-state index is -4.18. The molecule has 0 unspecified atom stereocenters. The molecule has 1 heterocycles. The van der Waals surface area contributed by atoms with Crippen molar-refractivity contribution in [3.05, 3.63) is 34.3 Å². The van der Waals surface area contributed by atoms with Gasteiger partial charge in [-0.3, -0.25) is 4.99 Å². The molecule has 2 rings (SSSR count). The Hall–Kier alpha value is -0.550. The molecule has 27 heavy (non-hydrogen) atoms. The van der Waals surface area contributed by atoms with Crippen LogP contribution in [-0.4, -0.2) is 45.0 Å². The molecule has 1 aliphatic rings. The molecule has 0 saturated carbocycles. The second-order valence-corrected chi connectivity index (χ2v) is 7.30. The summed E-state index contributed by atoms with van der Waals surface area (Å²) in [5.74, 6) is 0.416. The van der Waals surface area contributed by atoms with Crippen molar-refractivity contribution < 1.29 is 17.9 Å². The summed E-state index contributed by atoms with van der Waals surface area (Å²) in [6.45, 7) is 4.10. The maximum absolute atomic E-state index is 12.4. The molecule has 0 aliphatic carbocycles. The zero-order chi connectivity index (χ0) is 19.0. The van der Waals surface area contributed by atoms with Gasteiger partial charge >= 0.3 is 6.18 Å². The summed E-state index contributed by atoms with van der Waals surface area (Å²) in [5, 5.41) is 5.79. The van der Waals surface area contributed by atoms with Crippen molar-refractivity contribution in [2.75, 3.05) is 32.8 Å². The first-order chi connectivity index (χ1) is 12.3. The van der Waals surface area contributed by atoms with E-state index in [0.717, 1.165) is 17.3 Å². The smallest absolute Gasteiger partial charge is 0.381 e. The number of nitrogens with zero attached hydrogens (tertiary/aromatic N) is 1. The van der Waals surface area contributed by atoms with Crippen LogP contribution in [0.4, 0.5) is 13.2 Å². The van der Waals surface area contributed by atoms with E-state index in [1.54, 1.807) is 0 Å². The lowest BCUT2D eigenvalue weighted by atomic mass is 9.74. The van der Waals surface area contributed by atoms with E-state index in [1.807, 2.05) is 19.1 Å². The molecule has 1 aromatic rings. The molecule has 1 fully saturated rings. The Labute approximate surface area is 183 Å². The summed E-state index contributed by atoms with van der Waals surface area (Å²) >= 11 is 3.45. The zero-order valence-electron chi connectivity index (χ0n) is 15.2. The van der Waals surface area contributed by atoms with Crippen molar-refractivity contribution in [2.24, 2.45) is 4.99 Å². The summed E-state index contributed by atoms with van der Waals surface area (Å²) < 4.78 is 43.6. The van der Waals surface area contributed by atoms with Gasteiger partial charge in [-0.1, -0.05) is 28.1 Å². The second-order valence-electron chi connectivity index (χ2n) is 6.39. The van der Waals surface area contributed by atoms with Crippen LogP contribution < -0.4 is 10.6 Å². The molecular weight excluding hydrogens is 538 g/mol. The van der Waals surface area contributed by atoms with Gasteiger partial charge in [-0.25, -0.2) is 0 Å². The summed E-state index contributed by atoms with van der Waals surface area (Å²) in [5.41, 5.74) is 1.02. The summed E-state index contributed by atoms with van der Waals surface area (Å²) in [6.07, 6.45) is -3.40. The molecule has 0 atom stereocenters. The van der Waals surface area contributed by atoms with E-state index in [0.29, 0.717) is 32.3 Å². The largest absolute Gasteiger partial charge is 0.390 e. The highest BCUT2D eigenvalue weighted by molar-refractivity contribution is 14.0. The van der Waals surface area contributed by atoms with Gasteiger partial charge in [0.1, 0.15) is 0 Å². The number of aliphatic imine (C=N–C) groups is 1. The Balaban J connectivity index is 0.00000364. The van der Waals surface area contributed by atoms with Crippen molar-refractivity contribution in [1.82, 2.24) is 10.6 Å². The van der Waals surface area contributed by atoms with Crippen molar-refractivity contribution in [3.63, 3.8) is 0 Å². The number of ether oxygens (including phenoxy) is 1. The lowest BCUT2D eigenvalue weighted by Gasteiger charge is -2.36. The van der Waals surface area contributed by atoms with Gasteiger partial charge in [0, 0.05) is 36.2 Å². The van der Waals surface area contributed by atoms with Gasteiger partial charge in [0.05, 0.1) is 13.0 Å². The van der Waals surface area contributed by atoms with Crippen LogP contribution in [0, 0.1) is 0 Å². The third-order valence-corrected chi connectivity index (χ3v) is 5.02. The second kappa shape index (κ2) is 11.5. The number of rotatable bonds is 6. The standard InChI is InChI=1S/C18H25BrF3N3O.HI/c1-2-23-16(24-10-7-18(20,21)22)25-13-17(8-11-26-12-9-17)14-3-5-15(19)6-4-14;/h3-6H,2,7-13H2,1H3,(H2,23,24,25);1H. The molecular formula is C18H26BrF3IN3O. The Morgan fingerprint density at radius 2 is 1.81 bits per heavy atom. The normalized spacial score (nSPS) is 17.1. The van der Waals surface area contributed by atoms with Crippen LogP contribution in [0.1, 0.15) is 31.7 Å². The van der Waals surface area contributed by atoms with Gasteiger partial charge in [0.15, 0.2) is 5.96 Å². The molecule has 0 radical (unpaired) electrons. The number of hydrogen-bond donors (Lipinski definition) is 2. The zero-order valence-corrected chi connectivity index (χ0v) is 19.2. The first-order valence-corrected chi connectivity index (χ1v) is 9.57. The van der Waals surface area contributed by atoms with Gasteiger partial charge in [-0.2, -0.15) is 13.2 Å². The van der Waals surface area contributed by atoms with E-state index in [9.17, 15) is 13.2 Å². The van der Waals surface area contributed by atoms with Crippen molar-refractivity contribution >= 4 is 45.9 Å². The summed E-state index contributed by atoms with van der Waals surface area (Å²) in [6, 6.07) is 8.16. The van der Waals surface area contributed by atoms with Crippen molar-refractivity contribution in [2.45, 2.75) is 37.8 Å². The number of alkyl halides is 3. The fourth-order valence-electron chi connectivity index (χ4n) is 3.00. The quantitative estimate of drug-likeness (QED) is 0.301. The minimum Gasteiger partial charge on any atom is -0.381 e. The van der Waals surface area contributed by atoms with E-state index in [1.165, 1.54) is 5.56 Å². The Bertz CT molecular complexity index is 591. The third-order valence-electron chi connectivity index (χ3n) is 4.49. The first-order valence-electron chi connectivity index (χ1n) is 8.77. The number of hydrogen-bond acceptors (Lipinski definition) is 2. The van der Waals surface area contributed by atoms with E-state index in [-0.39, 0.29) is 35.9 Å². The number of nitrogens with one attached hydrogen (secondary N) is 2. The molecule has 4 nitrogen and oxygen atoms in total. The molecule has 9 heteroatoms. The van der Waals surface area contributed by atoms with Crippen molar-refractivity contribution in [1.29, 1.82) is 0 Å². The van der Waals surface area contributed by atoms with E-state index >= 15 is 0 Å². The molecule has 0 aromatic heterocycles. The summed E-state index contributed by atoms with van der Waals surface area (Å²) in [7, 11) is 0. The number of halogens is 5. The topological polar surface area (TPSA) is 45.7 Å². The molecule has 0 bridgehead atoms. The van der Waals surface area contributed by atoms with E-state index < -0.39 is 12.6 Å². The van der Waals surface area contributed by atoms with Gasteiger partial charge in [0.25, 0.3) is 0 Å². The molecule has 154 valence electrons.